The van der Waals surface area contributed by atoms with E-state index in [1.807, 2.05) is 0 Å². The van der Waals surface area contributed by atoms with Gasteiger partial charge in [0.2, 0.25) is 0 Å². The molecule has 0 radical (unpaired) electrons. The Morgan fingerprint density at radius 2 is 1.88 bits per heavy atom. The Balaban J connectivity index is 1.80. The zero-order valence-corrected chi connectivity index (χ0v) is 11.3. The molecule has 1 atom stereocenters. The second kappa shape index (κ2) is 5.69. The predicted octanol–water partition coefficient (Wildman–Crippen LogP) is 3.35. The maximum atomic E-state index is 3.49. The third kappa shape index (κ3) is 3.22. The van der Waals surface area contributed by atoms with Crippen molar-refractivity contribution in [3.63, 3.8) is 0 Å². The molecule has 1 aliphatic heterocycles. The maximum absolute atomic E-state index is 3.49. The average Bonchev–Trinajstić information content (AvgIpc) is 2.81. The number of hydrogen-bond acceptors (Lipinski definition) is 2. The Morgan fingerprint density at radius 1 is 1.25 bits per heavy atom. The molecule has 0 spiro atoms. The third-order valence-electron chi connectivity index (χ3n) is 3.21. The zero-order chi connectivity index (χ0) is 11.4. The number of rotatable bonds is 4. The molecule has 0 bridgehead atoms. The minimum Gasteiger partial charge on any atom is -0.383 e. The van der Waals surface area contributed by atoms with Crippen LogP contribution in [0.15, 0.2) is 28.7 Å². The maximum Gasteiger partial charge on any atom is 0.0341 e. The highest BCUT2D eigenvalue weighted by atomic mass is 79.9. The van der Waals surface area contributed by atoms with E-state index in [-0.39, 0.29) is 0 Å². The number of nitrogens with zero attached hydrogens (tertiary/aromatic N) is 1. The van der Waals surface area contributed by atoms with Gasteiger partial charge in [-0.2, -0.15) is 0 Å². The van der Waals surface area contributed by atoms with Crippen LogP contribution in [0.4, 0.5) is 5.69 Å². The van der Waals surface area contributed by atoms with Gasteiger partial charge in [0.05, 0.1) is 0 Å². The van der Waals surface area contributed by atoms with Gasteiger partial charge in [-0.3, -0.25) is 4.90 Å². The molecule has 16 heavy (non-hydrogen) atoms. The van der Waals surface area contributed by atoms with Gasteiger partial charge in [-0.05, 0) is 57.1 Å². The SMILES string of the molecule is CC(CNc1ccc(Br)cc1)N1CCCC1. The second-order valence-corrected chi connectivity index (χ2v) is 5.40. The third-order valence-corrected chi connectivity index (χ3v) is 3.74. The predicted molar refractivity (Wildman–Crippen MR) is 72.9 cm³/mol. The fourth-order valence-electron chi connectivity index (χ4n) is 2.14. The van der Waals surface area contributed by atoms with Gasteiger partial charge in [-0.25, -0.2) is 0 Å². The van der Waals surface area contributed by atoms with Crippen molar-refractivity contribution < 1.29 is 0 Å². The summed E-state index contributed by atoms with van der Waals surface area (Å²) in [5.41, 5.74) is 1.20. The first kappa shape index (κ1) is 11.9. The number of likely N-dealkylation sites (tertiary alicyclic amines) is 1. The largest absolute Gasteiger partial charge is 0.383 e. The van der Waals surface area contributed by atoms with Crippen LogP contribution in [-0.4, -0.2) is 30.6 Å². The molecule has 0 amide bonds. The van der Waals surface area contributed by atoms with Crippen molar-refractivity contribution in [2.75, 3.05) is 25.0 Å². The molecule has 2 nitrogen and oxygen atoms in total. The van der Waals surface area contributed by atoms with E-state index in [1.165, 1.54) is 31.6 Å². The molecule has 1 aromatic rings. The van der Waals surface area contributed by atoms with Crippen LogP contribution < -0.4 is 5.32 Å². The molecular formula is C13H19BrN2. The van der Waals surface area contributed by atoms with E-state index in [9.17, 15) is 0 Å². The lowest BCUT2D eigenvalue weighted by molar-refractivity contribution is 0.269. The summed E-state index contributed by atoms with van der Waals surface area (Å²) in [7, 11) is 0. The molecule has 1 saturated heterocycles. The van der Waals surface area contributed by atoms with Crippen molar-refractivity contribution >= 4 is 21.6 Å². The lowest BCUT2D eigenvalue weighted by Gasteiger charge is -2.24. The molecule has 0 aliphatic carbocycles. The summed E-state index contributed by atoms with van der Waals surface area (Å²) in [6.45, 7) is 5.87. The Morgan fingerprint density at radius 3 is 2.50 bits per heavy atom. The van der Waals surface area contributed by atoms with E-state index in [2.05, 4.69) is 57.3 Å². The number of nitrogens with one attached hydrogen (secondary N) is 1. The van der Waals surface area contributed by atoms with Crippen LogP contribution in [-0.2, 0) is 0 Å². The fraction of sp³-hybridized carbons (Fsp3) is 0.538. The van der Waals surface area contributed by atoms with Gasteiger partial charge < -0.3 is 5.32 Å². The summed E-state index contributed by atoms with van der Waals surface area (Å²) in [5.74, 6) is 0. The average molecular weight is 283 g/mol. The summed E-state index contributed by atoms with van der Waals surface area (Å²) < 4.78 is 1.13. The van der Waals surface area contributed by atoms with Crippen molar-refractivity contribution in [1.29, 1.82) is 0 Å². The van der Waals surface area contributed by atoms with Gasteiger partial charge in [0.1, 0.15) is 0 Å². The Kier molecular flexibility index (Phi) is 4.24. The molecule has 1 unspecified atom stereocenters. The molecule has 0 saturated carbocycles. The van der Waals surface area contributed by atoms with Crippen molar-refractivity contribution in [1.82, 2.24) is 4.90 Å². The lowest BCUT2D eigenvalue weighted by atomic mass is 10.2. The molecule has 1 fully saturated rings. The van der Waals surface area contributed by atoms with Crippen molar-refractivity contribution in [3.8, 4) is 0 Å². The minimum absolute atomic E-state index is 0.631. The second-order valence-electron chi connectivity index (χ2n) is 4.48. The van der Waals surface area contributed by atoms with E-state index in [1.54, 1.807) is 0 Å². The Labute approximate surface area is 106 Å². The first-order valence-corrected chi connectivity index (χ1v) is 6.78. The zero-order valence-electron chi connectivity index (χ0n) is 9.75. The van der Waals surface area contributed by atoms with E-state index in [0.29, 0.717) is 6.04 Å². The number of halogens is 1. The first-order valence-electron chi connectivity index (χ1n) is 5.99. The number of benzene rings is 1. The summed E-state index contributed by atoms with van der Waals surface area (Å²) in [6.07, 6.45) is 2.73. The molecule has 1 aromatic carbocycles. The molecule has 1 aliphatic rings. The van der Waals surface area contributed by atoms with Crippen molar-refractivity contribution in [2.45, 2.75) is 25.8 Å². The molecule has 88 valence electrons. The van der Waals surface area contributed by atoms with E-state index < -0.39 is 0 Å². The molecule has 1 heterocycles. The molecular weight excluding hydrogens is 264 g/mol. The molecule has 0 aromatic heterocycles. The fourth-order valence-corrected chi connectivity index (χ4v) is 2.41. The molecule has 1 N–H and O–H groups in total. The number of anilines is 1. The first-order chi connectivity index (χ1) is 7.75. The van der Waals surface area contributed by atoms with Gasteiger partial charge in [-0.15, -0.1) is 0 Å². The highest BCUT2D eigenvalue weighted by Gasteiger charge is 2.17. The van der Waals surface area contributed by atoms with Gasteiger partial charge >= 0.3 is 0 Å². The lowest BCUT2D eigenvalue weighted by Crippen LogP contribution is -2.35. The number of hydrogen-bond donors (Lipinski definition) is 1. The van der Waals surface area contributed by atoms with Crippen LogP contribution in [0.1, 0.15) is 19.8 Å². The van der Waals surface area contributed by atoms with Gasteiger partial charge in [0.25, 0.3) is 0 Å². The van der Waals surface area contributed by atoms with Crippen LogP contribution in [0.2, 0.25) is 0 Å². The smallest absolute Gasteiger partial charge is 0.0341 e. The van der Waals surface area contributed by atoms with Crippen LogP contribution in [0.25, 0.3) is 0 Å². The Hall–Kier alpha value is -0.540. The van der Waals surface area contributed by atoms with Crippen molar-refractivity contribution in [2.24, 2.45) is 0 Å². The van der Waals surface area contributed by atoms with Crippen LogP contribution in [0, 0.1) is 0 Å². The monoisotopic (exact) mass is 282 g/mol. The summed E-state index contributed by atoms with van der Waals surface area (Å²) in [6, 6.07) is 9.00. The Bertz CT molecular complexity index is 317. The van der Waals surface area contributed by atoms with Gasteiger partial charge in [0.15, 0.2) is 0 Å². The van der Waals surface area contributed by atoms with Crippen LogP contribution in [0.3, 0.4) is 0 Å². The molecule has 2 rings (SSSR count). The highest BCUT2D eigenvalue weighted by molar-refractivity contribution is 9.10. The van der Waals surface area contributed by atoms with E-state index >= 15 is 0 Å². The van der Waals surface area contributed by atoms with Gasteiger partial charge in [-0.1, -0.05) is 15.9 Å². The summed E-state index contributed by atoms with van der Waals surface area (Å²) >= 11 is 3.44. The standard InChI is InChI=1S/C13H19BrN2/c1-11(16-8-2-3-9-16)10-15-13-6-4-12(14)5-7-13/h4-7,11,15H,2-3,8-10H2,1H3. The highest BCUT2D eigenvalue weighted by Crippen LogP contribution is 2.15. The van der Waals surface area contributed by atoms with Gasteiger partial charge in [0, 0.05) is 22.7 Å². The molecule has 3 heteroatoms. The van der Waals surface area contributed by atoms with E-state index in [4.69, 9.17) is 0 Å². The van der Waals surface area contributed by atoms with Crippen LogP contribution in [0.5, 0.6) is 0 Å². The quantitative estimate of drug-likeness (QED) is 0.911. The van der Waals surface area contributed by atoms with Crippen molar-refractivity contribution in [3.05, 3.63) is 28.7 Å². The van der Waals surface area contributed by atoms with E-state index in [0.717, 1.165) is 11.0 Å². The summed E-state index contributed by atoms with van der Waals surface area (Å²) in [4.78, 5) is 2.56. The summed E-state index contributed by atoms with van der Waals surface area (Å²) in [5, 5.41) is 3.49. The van der Waals surface area contributed by atoms with Crippen LogP contribution >= 0.6 is 15.9 Å². The normalized spacial score (nSPS) is 18.6. The minimum atomic E-state index is 0.631. The topological polar surface area (TPSA) is 15.3 Å².